The number of anilines is 1. The minimum absolute atomic E-state index is 0.207. The van der Waals surface area contributed by atoms with Gasteiger partial charge in [0.2, 0.25) is 5.82 Å². The first kappa shape index (κ1) is 30.1. The zero-order valence-corrected chi connectivity index (χ0v) is 26.6. The topological polar surface area (TPSA) is 108 Å². The van der Waals surface area contributed by atoms with Crippen molar-refractivity contribution < 1.29 is 18.7 Å². The number of halogens is 2. The Morgan fingerprint density at radius 3 is 2.69 bits per heavy atom. The summed E-state index contributed by atoms with van der Waals surface area (Å²) in [6, 6.07) is 25.2. The van der Waals surface area contributed by atoms with Crippen LogP contribution in [0.5, 0.6) is 11.5 Å². The highest BCUT2D eigenvalue weighted by Gasteiger charge is 2.18. The monoisotopic (exact) mass is 684 g/mol. The zero-order chi connectivity index (χ0) is 31.5. The average molecular weight is 686 g/mol. The molecule has 226 valence electrons. The second-order valence-corrected chi connectivity index (χ2v) is 11.3. The minimum Gasteiger partial charge on any atom is -0.490 e. The molecule has 0 aliphatic carbocycles. The lowest BCUT2D eigenvalue weighted by molar-refractivity contribution is -0.118. The van der Waals surface area contributed by atoms with Crippen molar-refractivity contribution in [3.63, 3.8) is 0 Å². The van der Waals surface area contributed by atoms with Gasteiger partial charge in [-0.05, 0) is 79.6 Å². The van der Waals surface area contributed by atoms with Gasteiger partial charge in [-0.2, -0.15) is 9.78 Å². The maximum absolute atomic E-state index is 13.7. The number of fused-ring (bicyclic) bond motifs is 2. The van der Waals surface area contributed by atoms with Crippen LogP contribution < -0.4 is 20.3 Å². The number of nitrogens with zero attached hydrogens (tertiary/aromatic N) is 3. The van der Waals surface area contributed by atoms with E-state index in [9.17, 15) is 9.59 Å². The predicted molar refractivity (Wildman–Crippen MR) is 180 cm³/mol. The number of ether oxygens (including phenoxy) is 2. The number of nitrogens with one attached hydrogen (secondary N) is 1. The maximum Gasteiger partial charge on any atom is 0.282 e. The summed E-state index contributed by atoms with van der Waals surface area (Å²) in [5.74, 6) is 0.806. The van der Waals surface area contributed by atoms with Crippen LogP contribution in [0.2, 0.25) is 5.02 Å². The molecule has 6 rings (SSSR count). The zero-order valence-electron chi connectivity index (χ0n) is 24.2. The third-order valence-electron chi connectivity index (χ3n) is 6.87. The molecular formula is C34H26BrClN4O5. The average Bonchev–Trinajstić information content (AvgIpc) is 3.44. The molecule has 0 bridgehead atoms. The quantitative estimate of drug-likeness (QED) is 0.156. The number of benzene rings is 4. The Labute approximate surface area is 271 Å². The molecule has 0 atom stereocenters. The summed E-state index contributed by atoms with van der Waals surface area (Å²) < 4.78 is 19.8. The van der Waals surface area contributed by atoms with Crippen LogP contribution in [-0.2, 0) is 4.79 Å². The Balaban J connectivity index is 1.33. The Morgan fingerprint density at radius 2 is 1.87 bits per heavy atom. The summed E-state index contributed by atoms with van der Waals surface area (Å²) in [5.41, 5.74) is 2.94. The van der Waals surface area contributed by atoms with Crippen molar-refractivity contribution in [2.24, 2.45) is 5.10 Å². The van der Waals surface area contributed by atoms with Crippen molar-refractivity contribution in [1.29, 1.82) is 0 Å². The predicted octanol–water partition coefficient (Wildman–Crippen LogP) is 7.83. The van der Waals surface area contributed by atoms with Crippen molar-refractivity contribution in [2.45, 2.75) is 13.8 Å². The van der Waals surface area contributed by atoms with Gasteiger partial charge in [0.05, 0.1) is 28.7 Å². The first-order valence-electron chi connectivity index (χ1n) is 14.0. The van der Waals surface area contributed by atoms with Gasteiger partial charge in [0.1, 0.15) is 5.58 Å². The van der Waals surface area contributed by atoms with Gasteiger partial charge >= 0.3 is 0 Å². The largest absolute Gasteiger partial charge is 0.490 e. The van der Waals surface area contributed by atoms with Crippen LogP contribution in [0.4, 0.5) is 5.69 Å². The van der Waals surface area contributed by atoms with E-state index in [2.05, 4.69) is 26.3 Å². The molecule has 0 fully saturated rings. The number of carbonyl (C=O) groups excluding carboxylic acids is 1. The van der Waals surface area contributed by atoms with Crippen LogP contribution in [0.15, 0.2) is 104 Å². The summed E-state index contributed by atoms with van der Waals surface area (Å²) >= 11 is 10.1. The van der Waals surface area contributed by atoms with E-state index in [-0.39, 0.29) is 34.7 Å². The van der Waals surface area contributed by atoms with E-state index in [1.807, 2.05) is 68.4 Å². The molecule has 0 radical (unpaired) electrons. The lowest BCUT2D eigenvalue weighted by atomic mass is 10.2. The number of rotatable bonds is 9. The maximum atomic E-state index is 13.7. The fourth-order valence-electron chi connectivity index (χ4n) is 4.74. The van der Waals surface area contributed by atoms with Crippen LogP contribution in [-0.4, -0.2) is 35.0 Å². The van der Waals surface area contributed by atoms with Gasteiger partial charge in [0.25, 0.3) is 11.5 Å². The van der Waals surface area contributed by atoms with Gasteiger partial charge in [0.15, 0.2) is 23.9 Å². The van der Waals surface area contributed by atoms with Crippen LogP contribution in [0.3, 0.4) is 0 Å². The van der Waals surface area contributed by atoms with E-state index in [1.54, 1.807) is 30.3 Å². The number of furan rings is 1. The number of hydrogen-bond donors (Lipinski definition) is 1. The van der Waals surface area contributed by atoms with E-state index >= 15 is 0 Å². The lowest BCUT2D eigenvalue weighted by Gasteiger charge is -2.15. The highest BCUT2D eigenvalue weighted by atomic mass is 79.9. The van der Waals surface area contributed by atoms with E-state index in [4.69, 9.17) is 30.5 Å². The lowest BCUT2D eigenvalue weighted by Crippen LogP contribution is -2.21. The molecule has 1 N–H and O–H groups in total. The van der Waals surface area contributed by atoms with Gasteiger partial charge in [-0.1, -0.05) is 57.9 Å². The first-order chi connectivity index (χ1) is 21.8. The SMILES string of the molecule is CCOc1cc(C=Nn2c(-c3cc4cc(Br)ccc4o3)nc3ccccc3c2=O)cc(Cl)c1OCC(=O)Nc1ccccc1C. The Morgan fingerprint density at radius 1 is 1.07 bits per heavy atom. The summed E-state index contributed by atoms with van der Waals surface area (Å²) in [7, 11) is 0. The number of amides is 1. The van der Waals surface area contributed by atoms with Gasteiger partial charge in [0, 0.05) is 15.5 Å². The molecule has 0 spiro atoms. The van der Waals surface area contributed by atoms with E-state index < -0.39 is 0 Å². The molecule has 0 saturated heterocycles. The van der Waals surface area contributed by atoms with Crippen molar-refractivity contribution in [2.75, 3.05) is 18.5 Å². The van der Waals surface area contributed by atoms with Crippen LogP contribution in [0.25, 0.3) is 33.5 Å². The summed E-state index contributed by atoms with van der Waals surface area (Å²) in [4.78, 5) is 31.0. The molecule has 0 aliphatic heterocycles. The summed E-state index contributed by atoms with van der Waals surface area (Å²) in [5, 5.41) is 8.80. The smallest absolute Gasteiger partial charge is 0.282 e. The highest BCUT2D eigenvalue weighted by molar-refractivity contribution is 9.10. The van der Waals surface area contributed by atoms with Crippen LogP contribution in [0, 0.1) is 6.92 Å². The second-order valence-electron chi connectivity index (χ2n) is 10.0. The van der Waals surface area contributed by atoms with Gasteiger partial charge < -0.3 is 19.2 Å². The molecule has 11 heteroatoms. The van der Waals surface area contributed by atoms with Gasteiger partial charge in [-0.3, -0.25) is 9.59 Å². The first-order valence-corrected chi connectivity index (χ1v) is 15.2. The number of aromatic nitrogens is 2. The highest BCUT2D eigenvalue weighted by Crippen LogP contribution is 2.36. The summed E-state index contributed by atoms with van der Waals surface area (Å²) in [6.45, 7) is 3.77. The van der Waals surface area contributed by atoms with Crippen molar-refractivity contribution in [1.82, 2.24) is 9.66 Å². The fraction of sp³-hybridized carbons (Fsp3) is 0.118. The molecule has 9 nitrogen and oxygen atoms in total. The van der Waals surface area contributed by atoms with Crippen LogP contribution in [0.1, 0.15) is 18.1 Å². The Kier molecular flexibility index (Phi) is 8.68. The van der Waals surface area contributed by atoms with Crippen LogP contribution >= 0.6 is 27.5 Å². The van der Waals surface area contributed by atoms with Crippen molar-refractivity contribution in [3.05, 3.63) is 116 Å². The minimum atomic E-state index is -0.371. The third kappa shape index (κ3) is 6.47. The number of aryl methyl sites for hydroxylation is 1. The molecule has 0 aliphatic rings. The Bertz CT molecular complexity index is 2160. The molecule has 45 heavy (non-hydrogen) atoms. The van der Waals surface area contributed by atoms with Crippen molar-refractivity contribution in [3.8, 4) is 23.1 Å². The molecule has 4 aromatic carbocycles. The van der Waals surface area contributed by atoms with E-state index in [1.165, 1.54) is 10.9 Å². The number of para-hydroxylation sites is 2. The third-order valence-corrected chi connectivity index (χ3v) is 7.65. The molecule has 0 saturated carbocycles. The summed E-state index contributed by atoms with van der Waals surface area (Å²) in [6.07, 6.45) is 1.48. The molecule has 6 aromatic rings. The van der Waals surface area contributed by atoms with Crippen molar-refractivity contribution >= 4 is 67.2 Å². The molecule has 2 aromatic heterocycles. The van der Waals surface area contributed by atoms with Gasteiger partial charge in [-0.25, -0.2) is 4.98 Å². The normalized spacial score (nSPS) is 11.4. The van der Waals surface area contributed by atoms with E-state index in [0.717, 1.165) is 15.4 Å². The number of carbonyl (C=O) groups is 1. The number of hydrogen-bond acceptors (Lipinski definition) is 7. The van der Waals surface area contributed by atoms with E-state index in [0.29, 0.717) is 45.9 Å². The molecule has 0 unspecified atom stereocenters. The standard InChI is InChI=1S/C34H26BrClN4O5/c1-3-43-29-15-21(14-25(36)32(29)44-19-31(41)38-26-10-6-4-8-20(26)2)18-37-40-33(39-27-11-7-5-9-24(27)34(40)42)30-17-22-16-23(35)12-13-28(22)45-30/h4-18H,3,19H2,1-2H3,(H,38,41). The molecule has 2 heterocycles. The fourth-order valence-corrected chi connectivity index (χ4v) is 5.39. The second kappa shape index (κ2) is 13.0. The molecule has 1 amide bonds. The molecular weight excluding hydrogens is 660 g/mol. The Hall–Kier alpha value is -4.93. The van der Waals surface area contributed by atoms with Gasteiger partial charge in [-0.15, -0.1) is 0 Å².